The van der Waals surface area contributed by atoms with Gasteiger partial charge in [-0.05, 0) is 60.8 Å². The molecule has 1 fully saturated rings. The number of piperidine rings is 1. The fraction of sp³-hybridized carbons (Fsp3) is 0.455. The monoisotopic (exact) mass is 422 g/mol. The third-order valence-electron chi connectivity index (χ3n) is 5.73. The number of carbonyl (C=O) groups excluding carboxylic acids is 1. The number of fused-ring (bicyclic) bond motifs is 1. The van der Waals surface area contributed by atoms with Gasteiger partial charge in [-0.2, -0.15) is 5.10 Å². The average Bonchev–Trinajstić information content (AvgIpc) is 3.24. The van der Waals surface area contributed by atoms with Crippen molar-refractivity contribution >= 4 is 46.2 Å². The Morgan fingerprint density at radius 2 is 1.91 bits per heavy atom. The van der Waals surface area contributed by atoms with Crippen LogP contribution in [0.2, 0.25) is 0 Å². The fourth-order valence-corrected chi connectivity index (χ4v) is 4.09. The zero-order valence-corrected chi connectivity index (χ0v) is 18.5. The molecule has 7 nitrogen and oxygen atoms in total. The Bertz CT molecular complexity index is 1100. The van der Waals surface area contributed by atoms with Crippen molar-refractivity contribution in [2.45, 2.75) is 31.9 Å². The molecule has 6 radical (unpaired) electrons. The Morgan fingerprint density at radius 1 is 1.16 bits per heavy atom. The lowest BCUT2D eigenvalue weighted by Gasteiger charge is -2.32. The van der Waals surface area contributed by atoms with Crippen LogP contribution in [0.5, 0.6) is 0 Å². The number of hydrogen-bond donors (Lipinski definition) is 1. The first-order chi connectivity index (χ1) is 15.2. The first kappa shape index (κ1) is 22.6. The molecule has 3 aromatic rings. The summed E-state index contributed by atoms with van der Waals surface area (Å²) < 4.78 is 1.30. The second-order valence-electron chi connectivity index (χ2n) is 9.02. The molecule has 0 aliphatic carbocycles. The summed E-state index contributed by atoms with van der Waals surface area (Å²) in [6, 6.07) is 7.57. The van der Waals surface area contributed by atoms with E-state index in [2.05, 4.69) is 39.4 Å². The molecule has 0 bridgehead atoms. The van der Waals surface area contributed by atoms with Crippen molar-refractivity contribution in [3.8, 4) is 11.1 Å². The van der Waals surface area contributed by atoms with E-state index < -0.39 is 5.24 Å². The van der Waals surface area contributed by atoms with Crippen molar-refractivity contribution in [3.05, 3.63) is 36.7 Å². The number of nitrogens with one attached hydrogen (secondary N) is 1. The van der Waals surface area contributed by atoms with Gasteiger partial charge in [0.25, 0.3) is 0 Å². The Hall–Kier alpha value is -2.61. The molecule has 0 unspecified atom stereocenters. The molecule has 0 spiro atoms. The highest BCUT2D eigenvalue weighted by molar-refractivity contribution is 6.56. The maximum Gasteiger partial charge on any atom is 0.228 e. The second kappa shape index (κ2) is 9.10. The van der Waals surface area contributed by atoms with Crippen molar-refractivity contribution in [3.63, 3.8) is 0 Å². The van der Waals surface area contributed by atoms with Crippen LogP contribution in [0.15, 0.2) is 36.7 Å². The highest BCUT2D eigenvalue weighted by Crippen LogP contribution is 2.25. The molecule has 2 aromatic heterocycles. The van der Waals surface area contributed by atoms with Gasteiger partial charge in [-0.1, -0.05) is 19.9 Å². The van der Waals surface area contributed by atoms with Gasteiger partial charge in [0.05, 0.1) is 35.3 Å². The van der Waals surface area contributed by atoms with Crippen molar-refractivity contribution in [2.24, 2.45) is 11.8 Å². The van der Waals surface area contributed by atoms with Crippen molar-refractivity contribution < 1.29 is 4.79 Å². The number of benzene rings is 1. The number of anilines is 1. The van der Waals surface area contributed by atoms with Crippen molar-refractivity contribution in [1.29, 1.82) is 0 Å². The van der Waals surface area contributed by atoms with Gasteiger partial charge in [0.15, 0.2) is 5.82 Å². The number of rotatable bonds is 6. The van der Waals surface area contributed by atoms with E-state index in [9.17, 15) is 4.79 Å². The molecule has 4 rings (SSSR count). The normalized spacial score (nSPS) is 16.0. The lowest BCUT2D eigenvalue weighted by molar-refractivity contribution is -0.121. The van der Waals surface area contributed by atoms with Crippen LogP contribution < -0.4 is 5.32 Å². The molecular weight excluding hydrogens is 397 g/mol. The van der Waals surface area contributed by atoms with Crippen LogP contribution in [0.25, 0.3) is 22.0 Å². The van der Waals surface area contributed by atoms with E-state index in [0.717, 1.165) is 54.5 Å². The lowest BCUT2D eigenvalue weighted by atomic mass is 9.49. The quantitative estimate of drug-likeness (QED) is 0.615. The molecule has 0 atom stereocenters. The van der Waals surface area contributed by atoms with Crippen LogP contribution >= 0.6 is 0 Å². The number of amides is 1. The maximum absolute atomic E-state index is 12.8. The summed E-state index contributed by atoms with van der Waals surface area (Å²) in [5.41, 5.74) is 2.44. The average molecular weight is 422 g/mol. The van der Waals surface area contributed by atoms with Crippen LogP contribution in [-0.2, 0) is 10.0 Å². The van der Waals surface area contributed by atoms with Gasteiger partial charge in [0.2, 0.25) is 5.91 Å². The van der Waals surface area contributed by atoms with E-state index in [-0.39, 0.29) is 11.8 Å². The Morgan fingerprint density at radius 3 is 2.56 bits per heavy atom. The molecule has 1 aliphatic rings. The maximum atomic E-state index is 12.8. The van der Waals surface area contributed by atoms with Gasteiger partial charge in [0.1, 0.15) is 0 Å². The highest BCUT2D eigenvalue weighted by Gasteiger charge is 2.25. The fourth-order valence-electron chi connectivity index (χ4n) is 4.09. The Labute approximate surface area is 192 Å². The summed E-state index contributed by atoms with van der Waals surface area (Å²) in [5, 5.41) is 14.8. The molecule has 158 valence electrons. The minimum absolute atomic E-state index is 0.00265. The first-order valence-corrected chi connectivity index (χ1v) is 10.9. The first-order valence-electron chi connectivity index (χ1n) is 10.9. The Balaban J connectivity index is 1.46. The summed E-state index contributed by atoms with van der Waals surface area (Å²) >= 11 is 0. The van der Waals surface area contributed by atoms with E-state index in [0.29, 0.717) is 11.7 Å². The predicted molar refractivity (Wildman–Crippen MR) is 129 cm³/mol. The number of carbonyl (C=O) groups is 1. The minimum Gasteiger partial charge on any atom is -0.309 e. The van der Waals surface area contributed by atoms with Crippen LogP contribution in [0.3, 0.4) is 0 Å². The third-order valence-corrected chi connectivity index (χ3v) is 5.73. The van der Waals surface area contributed by atoms with Crippen LogP contribution in [-0.4, -0.2) is 74.0 Å². The molecule has 1 N–H and O–H groups in total. The molecule has 32 heavy (non-hydrogen) atoms. The standard InChI is InChI=1S/C22H25B3N6O/c1-14(2)12-30-7-5-15(6-8-30)21(32)27-20-10-17-9-16(3-4-19(17)28-29-20)18-11-26-31(13-18)22(23,24)25/h3-4,9-11,13-15H,5-8,12H2,1-2H3,(H,27,29,32). The summed E-state index contributed by atoms with van der Waals surface area (Å²) in [6.07, 6.45) is 5.05. The van der Waals surface area contributed by atoms with Gasteiger partial charge >= 0.3 is 0 Å². The summed E-state index contributed by atoms with van der Waals surface area (Å²) in [4.78, 5) is 15.2. The number of hydrogen-bond acceptors (Lipinski definition) is 5. The van der Waals surface area contributed by atoms with Gasteiger partial charge in [-0.25, -0.2) is 0 Å². The van der Waals surface area contributed by atoms with Crippen molar-refractivity contribution in [2.75, 3.05) is 25.0 Å². The highest BCUT2D eigenvalue weighted by atomic mass is 16.2. The van der Waals surface area contributed by atoms with Crippen molar-refractivity contribution in [1.82, 2.24) is 24.9 Å². The van der Waals surface area contributed by atoms with E-state index in [4.69, 9.17) is 23.5 Å². The SMILES string of the molecule is [B]C([B])([B])n1cc(-c2ccc3nnc(NC(=O)C4CCN(CC(C)C)CC4)cc3c2)cn1. The van der Waals surface area contributed by atoms with Gasteiger partial charge < -0.3 is 10.2 Å². The molecule has 10 heteroatoms. The summed E-state index contributed by atoms with van der Waals surface area (Å²) in [5.74, 6) is 1.09. The van der Waals surface area contributed by atoms with E-state index in [1.54, 1.807) is 12.4 Å². The molecule has 1 aromatic carbocycles. The van der Waals surface area contributed by atoms with E-state index in [1.807, 2.05) is 24.3 Å². The molecule has 3 heterocycles. The smallest absolute Gasteiger partial charge is 0.228 e. The topological polar surface area (TPSA) is 75.9 Å². The number of aromatic nitrogens is 4. The second-order valence-corrected chi connectivity index (χ2v) is 9.02. The molecule has 1 aliphatic heterocycles. The largest absolute Gasteiger partial charge is 0.309 e. The van der Waals surface area contributed by atoms with Gasteiger partial charge in [-0.3, -0.25) is 9.48 Å². The minimum atomic E-state index is -1.57. The van der Waals surface area contributed by atoms with Crippen LogP contribution in [0.1, 0.15) is 26.7 Å². The van der Waals surface area contributed by atoms with E-state index in [1.165, 1.54) is 4.68 Å². The molecule has 1 saturated heterocycles. The zero-order chi connectivity index (χ0) is 22.9. The number of nitrogens with zero attached hydrogens (tertiary/aromatic N) is 5. The van der Waals surface area contributed by atoms with E-state index >= 15 is 0 Å². The molecular formula is C22H25B3N6O. The van der Waals surface area contributed by atoms with Gasteiger partial charge in [-0.15, -0.1) is 10.2 Å². The van der Waals surface area contributed by atoms with Crippen LogP contribution in [0, 0.1) is 11.8 Å². The zero-order valence-electron chi connectivity index (χ0n) is 18.5. The molecule has 0 saturated carbocycles. The Kier molecular flexibility index (Phi) is 6.42. The van der Waals surface area contributed by atoms with Crippen LogP contribution in [0.4, 0.5) is 5.82 Å². The lowest BCUT2D eigenvalue weighted by Crippen LogP contribution is -2.39. The third kappa shape index (κ3) is 5.23. The molecule has 1 amide bonds. The summed E-state index contributed by atoms with van der Waals surface area (Å²) in [7, 11) is 17.1. The number of likely N-dealkylation sites (tertiary alicyclic amines) is 1. The predicted octanol–water partition coefficient (Wildman–Crippen LogP) is 1.87. The summed E-state index contributed by atoms with van der Waals surface area (Å²) in [6.45, 7) is 7.42. The van der Waals surface area contributed by atoms with Gasteiger partial charge in [0, 0.05) is 29.6 Å².